The van der Waals surface area contributed by atoms with Crippen molar-refractivity contribution >= 4 is 11.6 Å². The number of nitrogens with zero attached hydrogens (tertiary/aromatic N) is 2. The predicted octanol–water partition coefficient (Wildman–Crippen LogP) is 2.14. The molecular formula is C14H16N4O. The Labute approximate surface area is 112 Å². The van der Waals surface area contributed by atoms with E-state index in [1.807, 2.05) is 31.3 Å². The fourth-order valence-corrected chi connectivity index (χ4v) is 2.15. The highest BCUT2D eigenvalue weighted by atomic mass is 16.5. The van der Waals surface area contributed by atoms with Gasteiger partial charge in [0.05, 0.1) is 12.8 Å². The Morgan fingerprint density at radius 1 is 1.32 bits per heavy atom. The van der Waals surface area contributed by atoms with Crippen LogP contribution in [0.5, 0.6) is 5.75 Å². The number of ether oxygens (including phenoxy) is 1. The second kappa shape index (κ2) is 4.85. The average Bonchev–Trinajstić information content (AvgIpc) is 2.88. The normalized spacial score (nSPS) is 13.2. The molecule has 0 saturated carbocycles. The van der Waals surface area contributed by atoms with Gasteiger partial charge in [-0.1, -0.05) is 6.07 Å². The molecule has 19 heavy (non-hydrogen) atoms. The summed E-state index contributed by atoms with van der Waals surface area (Å²) < 4.78 is 5.31. The molecule has 0 saturated heterocycles. The summed E-state index contributed by atoms with van der Waals surface area (Å²) in [5.41, 5.74) is 4.27. The van der Waals surface area contributed by atoms with E-state index in [1.54, 1.807) is 7.11 Å². The third kappa shape index (κ3) is 2.37. The van der Waals surface area contributed by atoms with Crippen molar-refractivity contribution in [2.45, 2.75) is 20.0 Å². The highest BCUT2D eigenvalue weighted by molar-refractivity contribution is 5.57. The Morgan fingerprint density at radius 2 is 2.21 bits per heavy atom. The number of rotatable bonds is 3. The zero-order valence-electron chi connectivity index (χ0n) is 11.0. The third-order valence-corrected chi connectivity index (χ3v) is 3.23. The van der Waals surface area contributed by atoms with Gasteiger partial charge in [-0.05, 0) is 18.6 Å². The zero-order valence-corrected chi connectivity index (χ0v) is 11.0. The topological polar surface area (TPSA) is 59.1 Å². The van der Waals surface area contributed by atoms with Crippen molar-refractivity contribution in [1.29, 1.82) is 0 Å². The Morgan fingerprint density at radius 3 is 3.05 bits per heavy atom. The van der Waals surface area contributed by atoms with Crippen LogP contribution in [0, 0.1) is 6.92 Å². The highest BCUT2D eigenvalue weighted by Crippen LogP contribution is 2.24. The predicted molar refractivity (Wildman–Crippen MR) is 73.6 cm³/mol. The summed E-state index contributed by atoms with van der Waals surface area (Å²) >= 11 is 0. The Kier molecular flexibility index (Phi) is 3.05. The van der Waals surface area contributed by atoms with Crippen LogP contribution in [0.25, 0.3) is 0 Å². The number of benzene rings is 1. The van der Waals surface area contributed by atoms with E-state index in [0.29, 0.717) is 5.95 Å². The second-order valence-corrected chi connectivity index (χ2v) is 4.58. The van der Waals surface area contributed by atoms with Crippen LogP contribution in [0.2, 0.25) is 0 Å². The van der Waals surface area contributed by atoms with Crippen molar-refractivity contribution in [1.82, 2.24) is 15.3 Å². The van der Waals surface area contributed by atoms with Crippen molar-refractivity contribution in [3.05, 3.63) is 41.2 Å². The maximum Gasteiger partial charge on any atom is 0.227 e. The van der Waals surface area contributed by atoms with E-state index in [2.05, 4.69) is 20.6 Å². The van der Waals surface area contributed by atoms with Crippen molar-refractivity contribution < 1.29 is 4.74 Å². The lowest BCUT2D eigenvalue weighted by Crippen LogP contribution is -2.02. The fraction of sp³-hybridized carbons (Fsp3) is 0.286. The molecule has 98 valence electrons. The smallest absolute Gasteiger partial charge is 0.227 e. The first-order valence-corrected chi connectivity index (χ1v) is 6.23. The largest absolute Gasteiger partial charge is 0.496 e. The molecule has 2 N–H and O–H groups in total. The van der Waals surface area contributed by atoms with Crippen LogP contribution in [0.3, 0.4) is 0 Å². The summed E-state index contributed by atoms with van der Waals surface area (Å²) in [6, 6.07) is 5.95. The number of hydrogen-bond donors (Lipinski definition) is 2. The monoisotopic (exact) mass is 256 g/mol. The van der Waals surface area contributed by atoms with Crippen LogP contribution < -0.4 is 15.4 Å². The minimum absolute atomic E-state index is 0.619. The summed E-state index contributed by atoms with van der Waals surface area (Å²) in [6.07, 6.45) is 1.87. The number of anilines is 2. The molecule has 5 heteroatoms. The molecule has 0 amide bonds. The van der Waals surface area contributed by atoms with Gasteiger partial charge in [-0.2, -0.15) is 0 Å². The summed E-state index contributed by atoms with van der Waals surface area (Å²) in [6.45, 7) is 3.68. The van der Waals surface area contributed by atoms with Crippen molar-refractivity contribution in [2.75, 3.05) is 12.4 Å². The molecule has 1 aliphatic heterocycles. The minimum Gasteiger partial charge on any atom is -0.496 e. The van der Waals surface area contributed by atoms with Gasteiger partial charge < -0.3 is 15.4 Å². The van der Waals surface area contributed by atoms with E-state index in [1.165, 1.54) is 5.56 Å². The van der Waals surface area contributed by atoms with Gasteiger partial charge in [0.1, 0.15) is 5.75 Å². The van der Waals surface area contributed by atoms with Crippen molar-refractivity contribution in [2.24, 2.45) is 0 Å². The lowest BCUT2D eigenvalue weighted by atomic mass is 10.2. The van der Waals surface area contributed by atoms with Crippen molar-refractivity contribution in [3.63, 3.8) is 0 Å². The van der Waals surface area contributed by atoms with Gasteiger partial charge in [-0.15, -0.1) is 0 Å². The number of nitrogens with one attached hydrogen (secondary N) is 2. The molecule has 0 bridgehead atoms. The number of hydrogen-bond acceptors (Lipinski definition) is 5. The van der Waals surface area contributed by atoms with Crippen molar-refractivity contribution in [3.8, 4) is 5.75 Å². The lowest BCUT2D eigenvalue weighted by molar-refractivity contribution is 0.412. The summed E-state index contributed by atoms with van der Waals surface area (Å²) in [5, 5.41) is 6.46. The van der Waals surface area contributed by atoms with Gasteiger partial charge in [0.15, 0.2) is 0 Å². The summed E-state index contributed by atoms with van der Waals surface area (Å²) in [7, 11) is 1.67. The second-order valence-electron chi connectivity index (χ2n) is 4.58. The summed E-state index contributed by atoms with van der Waals surface area (Å²) in [4.78, 5) is 8.82. The maximum absolute atomic E-state index is 5.31. The number of aryl methyl sites for hydroxylation is 1. The fourth-order valence-electron chi connectivity index (χ4n) is 2.15. The highest BCUT2D eigenvalue weighted by Gasteiger charge is 2.12. The van der Waals surface area contributed by atoms with Crippen LogP contribution in [-0.4, -0.2) is 17.1 Å². The first-order valence-electron chi connectivity index (χ1n) is 6.23. The van der Waals surface area contributed by atoms with Crippen LogP contribution in [0.4, 0.5) is 11.6 Å². The molecule has 0 aliphatic carbocycles. The van der Waals surface area contributed by atoms with Gasteiger partial charge in [0.25, 0.3) is 0 Å². The van der Waals surface area contributed by atoms with E-state index >= 15 is 0 Å². The Hall–Kier alpha value is -2.14. The van der Waals surface area contributed by atoms with E-state index in [9.17, 15) is 0 Å². The molecule has 0 radical (unpaired) electrons. The average molecular weight is 256 g/mol. The lowest BCUT2D eigenvalue weighted by Gasteiger charge is -2.09. The van der Waals surface area contributed by atoms with E-state index in [4.69, 9.17) is 4.74 Å². The first-order chi connectivity index (χ1) is 9.26. The first kappa shape index (κ1) is 11.9. The molecule has 0 unspecified atom stereocenters. The van der Waals surface area contributed by atoms with Crippen LogP contribution >= 0.6 is 0 Å². The number of fused-ring (bicyclic) bond motifs is 1. The third-order valence-electron chi connectivity index (χ3n) is 3.23. The van der Waals surface area contributed by atoms with E-state index < -0.39 is 0 Å². The maximum atomic E-state index is 5.31. The number of aromatic nitrogens is 2. The molecule has 1 aliphatic rings. The molecule has 0 atom stereocenters. The molecule has 2 aromatic rings. The quantitative estimate of drug-likeness (QED) is 0.881. The van der Waals surface area contributed by atoms with Crippen LogP contribution in [0.1, 0.15) is 16.8 Å². The van der Waals surface area contributed by atoms with Gasteiger partial charge in [0, 0.05) is 36.6 Å². The minimum atomic E-state index is 0.619. The molecule has 1 aromatic heterocycles. The van der Waals surface area contributed by atoms with Crippen LogP contribution in [-0.2, 0) is 13.1 Å². The summed E-state index contributed by atoms with van der Waals surface area (Å²) in [5.74, 6) is 1.47. The Bertz CT molecular complexity index is 603. The standard InChI is InChI=1S/C14H16N4O/c1-9-3-4-11(5-13(9)19-2)17-14-16-7-10-6-15-8-12(10)18-14/h3-5,7,15H,6,8H2,1-2H3,(H,16,17,18). The Balaban J connectivity index is 1.85. The SMILES string of the molecule is COc1cc(Nc2ncc3c(n2)CNC3)ccc1C. The van der Waals surface area contributed by atoms with E-state index in [0.717, 1.165) is 35.8 Å². The molecule has 3 rings (SSSR count). The number of methoxy groups -OCH3 is 1. The zero-order chi connectivity index (χ0) is 13.2. The molecule has 5 nitrogen and oxygen atoms in total. The molecule has 0 fully saturated rings. The van der Waals surface area contributed by atoms with Gasteiger partial charge in [-0.3, -0.25) is 0 Å². The molecule has 2 heterocycles. The van der Waals surface area contributed by atoms with Gasteiger partial charge in [0.2, 0.25) is 5.95 Å². The molecule has 1 aromatic carbocycles. The van der Waals surface area contributed by atoms with Gasteiger partial charge in [-0.25, -0.2) is 9.97 Å². The van der Waals surface area contributed by atoms with Crippen LogP contribution in [0.15, 0.2) is 24.4 Å². The molecular weight excluding hydrogens is 240 g/mol. The van der Waals surface area contributed by atoms with E-state index in [-0.39, 0.29) is 0 Å². The van der Waals surface area contributed by atoms with Gasteiger partial charge >= 0.3 is 0 Å². The molecule has 0 spiro atoms.